The topological polar surface area (TPSA) is 64.1 Å². The summed E-state index contributed by atoms with van der Waals surface area (Å²) >= 11 is 1.03. The monoisotopic (exact) mass is 263 g/mol. The lowest BCUT2D eigenvalue weighted by molar-refractivity contribution is 0.0950. The highest BCUT2D eigenvalue weighted by molar-refractivity contribution is 6.99. The fourth-order valence-electron chi connectivity index (χ4n) is 1.47. The predicted octanol–water partition coefficient (Wildman–Crippen LogP) is 1.52. The van der Waals surface area contributed by atoms with E-state index in [1.165, 1.54) is 6.20 Å². The van der Waals surface area contributed by atoms with E-state index in [1.807, 2.05) is 24.3 Å². The molecule has 0 atom stereocenters. The minimum absolute atomic E-state index is 0.183. The van der Waals surface area contributed by atoms with Crippen LogP contribution in [0.2, 0.25) is 0 Å². The first-order valence-corrected chi connectivity index (χ1v) is 6.21. The van der Waals surface area contributed by atoms with Crippen LogP contribution in [0.1, 0.15) is 16.1 Å². The summed E-state index contributed by atoms with van der Waals surface area (Å²) in [6.07, 6.45) is 2.24. The molecule has 6 heteroatoms. The number of carbonyl (C=O) groups is 1. The molecular weight excluding hydrogens is 250 g/mol. The van der Waals surface area contributed by atoms with Gasteiger partial charge in [0, 0.05) is 6.54 Å². The third-order valence-electron chi connectivity index (χ3n) is 2.45. The van der Waals surface area contributed by atoms with Gasteiger partial charge in [0.1, 0.15) is 5.75 Å². The molecule has 0 saturated carbocycles. The van der Waals surface area contributed by atoms with Crippen molar-refractivity contribution >= 4 is 17.6 Å². The number of methoxy groups -OCH3 is 1. The van der Waals surface area contributed by atoms with E-state index in [0.29, 0.717) is 12.2 Å². The van der Waals surface area contributed by atoms with Crippen LogP contribution in [0.5, 0.6) is 5.75 Å². The molecule has 0 aliphatic carbocycles. The van der Waals surface area contributed by atoms with E-state index in [0.717, 1.165) is 29.5 Å². The smallest absolute Gasteiger partial charge is 0.272 e. The first kappa shape index (κ1) is 12.5. The van der Waals surface area contributed by atoms with Gasteiger partial charge in [-0.2, -0.15) is 8.75 Å². The van der Waals surface area contributed by atoms with Crippen molar-refractivity contribution in [3.63, 3.8) is 0 Å². The summed E-state index contributed by atoms with van der Waals surface area (Å²) in [4.78, 5) is 11.6. The highest BCUT2D eigenvalue weighted by atomic mass is 32.1. The molecule has 0 bridgehead atoms. The summed E-state index contributed by atoms with van der Waals surface area (Å²) in [5, 5.41) is 2.80. The quantitative estimate of drug-likeness (QED) is 0.888. The molecule has 1 heterocycles. The number of aromatic nitrogens is 2. The van der Waals surface area contributed by atoms with Crippen molar-refractivity contribution in [2.24, 2.45) is 0 Å². The fraction of sp³-hybridized carbons (Fsp3) is 0.250. The molecule has 0 aliphatic heterocycles. The van der Waals surface area contributed by atoms with Crippen molar-refractivity contribution in [1.82, 2.24) is 14.1 Å². The van der Waals surface area contributed by atoms with Crippen molar-refractivity contribution in [3.8, 4) is 5.75 Å². The Morgan fingerprint density at radius 3 is 2.78 bits per heavy atom. The molecule has 2 aromatic rings. The Bertz CT molecular complexity index is 497. The van der Waals surface area contributed by atoms with E-state index in [2.05, 4.69) is 14.1 Å². The van der Waals surface area contributed by atoms with Gasteiger partial charge in [0.15, 0.2) is 5.69 Å². The Morgan fingerprint density at radius 2 is 2.17 bits per heavy atom. The van der Waals surface area contributed by atoms with Crippen LogP contribution in [-0.2, 0) is 6.42 Å². The zero-order chi connectivity index (χ0) is 12.8. The van der Waals surface area contributed by atoms with Crippen LogP contribution in [0.15, 0.2) is 30.5 Å². The van der Waals surface area contributed by atoms with Crippen LogP contribution >= 0.6 is 11.7 Å². The molecular formula is C12H13N3O2S. The number of ether oxygens (including phenoxy) is 1. The number of rotatable bonds is 5. The molecule has 0 unspecified atom stereocenters. The molecule has 1 aromatic carbocycles. The molecule has 0 spiro atoms. The van der Waals surface area contributed by atoms with E-state index in [1.54, 1.807) is 7.11 Å². The maximum absolute atomic E-state index is 11.6. The first-order chi connectivity index (χ1) is 8.79. The summed E-state index contributed by atoms with van der Waals surface area (Å²) in [6.45, 7) is 0.572. The average molecular weight is 263 g/mol. The molecule has 0 aliphatic rings. The summed E-state index contributed by atoms with van der Waals surface area (Å²) in [7, 11) is 1.64. The molecule has 1 aromatic heterocycles. The van der Waals surface area contributed by atoms with E-state index in [9.17, 15) is 4.79 Å². The highest BCUT2D eigenvalue weighted by Gasteiger charge is 2.07. The third-order valence-corrected chi connectivity index (χ3v) is 2.93. The summed E-state index contributed by atoms with van der Waals surface area (Å²) in [6, 6.07) is 7.77. The highest BCUT2D eigenvalue weighted by Crippen LogP contribution is 2.11. The first-order valence-electron chi connectivity index (χ1n) is 5.48. The van der Waals surface area contributed by atoms with Crippen molar-refractivity contribution < 1.29 is 9.53 Å². The van der Waals surface area contributed by atoms with E-state index in [-0.39, 0.29) is 5.91 Å². The number of hydrogen-bond donors (Lipinski definition) is 1. The molecule has 0 saturated heterocycles. The molecule has 1 amide bonds. The maximum Gasteiger partial charge on any atom is 0.272 e. The molecule has 5 nitrogen and oxygen atoms in total. The SMILES string of the molecule is COc1ccc(CCNC(=O)c2cnsn2)cc1. The second kappa shape index (κ2) is 6.11. The number of hydrogen-bond acceptors (Lipinski definition) is 5. The predicted molar refractivity (Wildman–Crippen MR) is 68.9 cm³/mol. The fourth-order valence-corrected chi connectivity index (χ4v) is 1.88. The lowest BCUT2D eigenvalue weighted by atomic mass is 10.1. The van der Waals surface area contributed by atoms with E-state index >= 15 is 0 Å². The lowest BCUT2D eigenvalue weighted by Crippen LogP contribution is -2.25. The standard InChI is InChI=1S/C12H13N3O2S/c1-17-10-4-2-9(3-5-10)6-7-13-12(16)11-8-14-18-15-11/h2-5,8H,6-7H2,1H3,(H,13,16). The van der Waals surface area contributed by atoms with Crippen LogP contribution in [0.25, 0.3) is 0 Å². The third kappa shape index (κ3) is 3.27. The number of amides is 1. The molecule has 18 heavy (non-hydrogen) atoms. The van der Waals surface area contributed by atoms with Gasteiger partial charge >= 0.3 is 0 Å². The zero-order valence-corrected chi connectivity index (χ0v) is 10.7. The zero-order valence-electron chi connectivity index (χ0n) is 9.92. The van der Waals surface area contributed by atoms with Crippen molar-refractivity contribution in [2.45, 2.75) is 6.42 Å². The second-order valence-electron chi connectivity index (χ2n) is 3.65. The van der Waals surface area contributed by atoms with Gasteiger partial charge in [0.25, 0.3) is 5.91 Å². The van der Waals surface area contributed by atoms with E-state index < -0.39 is 0 Å². The Hall–Kier alpha value is -1.95. The number of nitrogens with one attached hydrogen (secondary N) is 1. The normalized spacial score (nSPS) is 10.1. The second-order valence-corrected chi connectivity index (χ2v) is 4.20. The van der Waals surface area contributed by atoms with Crippen LogP contribution in [0.4, 0.5) is 0 Å². The van der Waals surface area contributed by atoms with Gasteiger partial charge in [-0.25, -0.2) is 0 Å². The Kier molecular flexibility index (Phi) is 4.25. The molecule has 94 valence electrons. The molecule has 1 N–H and O–H groups in total. The Morgan fingerprint density at radius 1 is 1.39 bits per heavy atom. The van der Waals surface area contributed by atoms with Gasteiger partial charge < -0.3 is 10.1 Å². The Balaban J connectivity index is 1.79. The van der Waals surface area contributed by atoms with Crippen molar-refractivity contribution in [3.05, 3.63) is 41.7 Å². The molecule has 0 radical (unpaired) electrons. The van der Waals surface area contributed by atoms with Crippen LogP contribution < -0.4 is 10.1 Å². The molecule has 0 fully saturated rings. The van der Waals surface area contributed by atoms with E-state index in [4.69, 9.17) is 4.74 Å². The van der Waals surface area contributed by atoms with Gasteiger partial charge in [0.05, 0.1) is 25.0 Å². The van der Waals surface area contributed by atoms with Gasteiger partial charge in [-0.1, -0.05) is 12.1 Å². The summed E-state index contributed by atoms with van der Waals surface area (Å²) in [5.41, 5.74) is 1.52. The Labute approximate surface area is 109 Å². The average Bonchev–Trinajstić information content (AvgIpc) is 2.93. The van der Waals surface area contributed by atoms with Gasteiger partial charge in [-0.05, 0) is 24.1 Å². The minimum atomic E-state index is -0.183. The maximum atomic E-state index is 11.6. The minimum Gasteiger partial charge on any atom is -0.497 e. The lowest BCUT2D eigenvalue weighted by Gasteiger charge is -2.04. The van der Waals surface area contributed by atoms with Gasteiger partial charge in [-0.15, -0.1) is 0 Å². The summed E-state index contributed by atoms with van der Waals surface area (Å²) < 4.78 is 12.7. The summed E-state index contributed by atoms with van der Waals surface area (Å²) in [5.74, 6) is 0.647. The van der Waals surface area contributed by atoms with Crippen LogP contribution in [0.3, 0.4) is 0 Å². The van der Waals surface area contributed by atoms with Gasteiger partial charge in [0.2, 0.25) is 0 Å². The van der Waals surface area contributed by atoms with Crippen LogP contribution in [-0.4, -0.2) is 28.3 Å². The largest absolute Gasteiger partial charge is 0.497 e. The van der Waals surface area contributed by atoms with Gasteiger partial charge in [-0.3, -0.25) is 4.79 Å². The molecule has 2 rings (SSSR count). The number of benzene rings is 1. The van der Waals surface area contributed by atoms with Crippen molar-refractivity contribution in [1.29, 1.82) is 0 Å². The van der Waals surface area contributed by atoms with Crippen molar-refractivity contribution in [2.75, 3.05) is 13.7 Å². The van der Waals surface area contributed by atoms with Crippen LogP contribution in [0, 0.1) is 0 Å². The number of carbonyl (C=O) groups excluding carboxylic acids is 1. The number of nitrogens with zero attached hydrogens (tertiary/aromatic N) is 2.